The van der Waals surface area contributed by atoms with Crippen molar-refractivity contribution in [3.63, 3.8) is 0 Å². The Morgan fingerprint density at radius 3 is 2.79 bits per heavy atom. The van der Waals surface area contributed by atoms with E-state index in [2.05, 4.69) is 21.2 Å². The average Bonchev–Trinajstić information content (AvgIpc) is 2.71. The van der Waals surface area contributed by atoms with Crippen LogP contribution in [0.4, 0.5) is 0 Å². The van der Waals surface area contributed by atoms with E-state index in [0.717, 1.165) is 28.3 Å². The predicted molar refractivity (Wildman–Crippen MR) is 80.9 cm³/mol. The minimum atomic E-state index is -0.254. The van der Waals surface area contributed by atoms with Crippen molar-refractivity contribution in [1.29, 1.82) is 0 Å². The number of carbonyl (C=O) groups is 1. The number of hydrogen-bond acceptors (Lipinski definition) is 2. The average molecular weight is 324 g/mol. The van der Waals surface area contributed by atoms with E-state index in [1.54, 1.807) is 6.07 Å². The normalized spacial score (nSPS) is 11.8. The molecule has 0 fully saturated rings. The lowest BCUT2D eigenvalue weighted by Crippen LogP contribution is -2.43. The second-order valence-electron chi connectivity index (χ2n) is 5.43. The highest BCUT2D eigenvalue weighted by Gasteiger charge is 2.22. The van der Waals surface area contributed by atoms with Gasteiger partial charge in [0, 0.05) is 16.3 Å². The molecule has 0 aliphatic heterocycles. The molecule has 1 heterocycles. The van der Waals surface area contributed by atoms with Crippen molar-refractivity contribution < 1.29 is 9.21 Å². The summed E-state index contributed by atoms with van der Waals surface area (Å²) in [4.78, 5) is 12.2. The molecule has 4 heteroatoms. The maximum Gasteiger partial charge on any atom is 0.287 e. The third kappa shape index (κ3) is 3.38. The molecule has 2 rings (SSSR count). The fraction of sp³-hybridized carbons (Fsp3) is 0.400. The van der Waals surface area contributed by atoms with E-state index < -0.39 is 0 Å². The molecule has 0 spiro atoms. The van der Waals surface area contributed by atoms with Gasteiger partial charge in [0.15, 0.2) is 5.76 Å². The monoisotopic (exact) mass is 323 g/mol. The number of carbonyl (C=O) groups excluding carboxylic acids is 1. The van der Waals surface area contributed by atoms with E-state index in [4.69, 9.17) is 4.42 Å². The Morgan fingerprint density at radius 2 is 2.11 bits per heavy atom. The van der Waals surface area contributed by atoms with Gasteiger partial charge in [-0.15, -0.1) is 0 Å². The summed E-state index contributed by atoms with van der Waals surface area (Å²) in [5.41, 5.74) is 1.64. The van der Waals surface area contributed by atoms with Crippen LogP contribution in [0.5, 0.6) is 0 Å². The highest BCUT2D eigenvalue weighted by atomic mass is 79.9. The maximum atomic E-state index is 12.2. The van der Waals surface area contributed by atoms with Gasteiger partial charge in [-0.25, -0.2) is 0 Å². The van der Waals surface area contributed by atoms with Crippen molar-refractivity contribution >= 4 is 32.8 Å². The highest BCUT2D eigenvalue weighted by molar-refractivity contribution is 9.09. The summed E-state index contributed by atoms with van der Waals surface area (Å²) in [7, 11) is 0. The van der Waals surface area contributed by atoms with E-state index in [-0.39, 0.29) is 11.4 Å². The number of nitrogens with one attached hydrogen (secondary N) is 1. The number of furan rings is 1. The second-order valence-corrected chi connectivity index (χ2v) is 6.22. The van der Waals surface area contributed by atoms with Gasteiger partial charge < -0.3 is 9.73 Å². The fourth-order valence-corrected chi connectivity index (χ4v) is 2.93. The molecular weight excluding hydrogens is 306 g/mol. The number of amides is 1. The first-order valence-electron chi connectivity index (χ1n) is 6.30. The molecule has 1 aromatic heterocycles. The zero-order chi connectivity index (χ0) is 14.0. The van der Waals surface area contributed by atoms with Gasteiger partial charge >= 0.3 is 0 Å². The van der Waals surface area contributed by atoms with Crippen LogP contribution in [-0.4, -0.2) is 16.8 Å². The van der Waals surface area contributed by atoms with E-state index in [0.29, 0.717) is 5.76 Å². The highest BCUT2D eigenvalue weighted by Crippen LogP contribution is 2.21. The van der Waals surface area contributed by atoms with E-state index in [1.807, 2.05) is 39.0 Å². The van der Waals surface area contributed by atoms with Crippen LogP contribution in [0.15, 0.2) is 28.7 Å². The minimum absolute atomic E-state index is 0.167. The molecule has 3 nitrogen and oxygen atoms in total. The minimum Gasteiger partial charge on any atom is -0.451 e. The molecule has 0 aliphatic carbocycles. The molecule has 1 N–H and O–H groups in total. The lowest BCUT2D eigenvalue weighted by atomic mass is 10.0. The molecular formula is C15H18BrNO2. The van der Waals surface area contributed by atoms with Gasteiger partial charge in [0.2, 0.25) is 0 Å². The Hall–Kier alpha value is -1.29. The van der Waals surface area contributed by atoms with Crippen LogP contribution in [0.2, 0.25) is 0 Å². The van der Waals surface area contributed by atoms with E-state index in [9.17, 15) is 4.79 Å². The Labute approximate surface area is 121 Å². The van der Waals surface area contributed by atoms with Crippen LogP contribution < -0.4 is 5.32 Å². The number of benzene rings is 1. The predicted octanol–water partition coefficient (Wildman–Crippen LogP) is 4.03. The van der Waals surface area contributed by atoms with Crippen molar-refractivity contribution in [2.75, 3.05) is 5.33 Å². The summed E-state index contributed by atoms with van der Waals surface area (Å²) in [6, 6.07) is 7.68. The van der Waals surface area contributed by atoms with Gasteiger partial charge in [0.25, 0.3) is 5.91 Å². The molecule has 0 saturated heterocycles. The third-order valence-corrected chi connectivity index (χ3v) is 3.46. The number of halogens is 1. The molecule has 19 heavy (non-hydrogen) atoms. The number of rotatable bonds is 4. The number of hydrogen-bond donors (Lipinski definition) is 1. The van der Waals surface area contributed by atoms with E-state index in [1.165, 1.54) is 0 Å². The first kappa shape index (κ1) is 14.1. The van der Waals surface area contributed by atoms with Crippen molar-refractivity contribution in [1.82, 2.24) is 5.32 Å². The largest absolute Gasteiger partial charge is 0.451 e. The molecule has 2 aromatic rings. The molecule has 1 amide bonds. The zero-order valence-corrected chi connectivity index (χ0v) is 13.0. The van der Waals surface area contributed by atoms with Crippen LogP contribution in [0, 0.1) is 6.92 Å². The van der Waals surface area contributed by atoms with Gasteiger partial charge in [0.05, 0.1) is 0 Å². The number of alkyl halides is 1. The summed E-state index contributed by atoms with van der Waals surface area (Å²) in [6.07, 6.45) is 0.859. The van der Waals surface area contributed by atoms with Crippen LogP contribution in [0.25, 0.3) is 11.0 Å². The summed E-state index contributed by atoms with van der Waals surface area (Å²) in [6.45, 7) is 6.02. The number of aryl methyl sites for hydroxylation is 1. The van der Waals surface area contributed by atoms with Crippen LogP contribution in [-0.2, 0) is 0 Å². The second kappa shape index (κ2) is 5.37. The van der Waals surface area contributed by atoms with E-state index >= 15 is 0 Å². The van der Waals surface area contributed by atoms with Gasteiger partial charge in [0.1, 0.15) is 5.58 Å². The first-order valence-corrected chi connectivity index (χ1v) is 7.42. The van der Waals surface area contributed by atoms with Crippen LogP contribution >= 0.6 is 15.9 Å². The molecule has 102 valence electrons. The quantitative estimate of drug-likeness (QED) is 0.863. The molecule has 0 radical (unpaired) electrons. The fourth-order valence-electron chi connectivity index (χ4n) is 1.94. The number of fused-ring (bicyclic) bond motifs is 1. The standard InChI is InChI=1S/C15H18BrNO2/c1-10-4-5-12-11(8-10)9-13(19-12)14(18)17-15(2,3)6-7-16/h4-5,8-9H,6-7H2,1-3H3,(H,17,18). The SMILES string of the molecule is Cc1ccc2oc(C(=O)NC(C)(C)CCBr)cc2c1. The third-order valence-electron chi connectivity index (χ3n) is 3.07. The Morgan fingerprint density at radius 1 is 1.37 bits per heavy atom. The summed E-state index contributed by atoms with van der Waals surface area (Å²) in [5.74, 6) is 0.197. The van der Waals surface area contributed by atoms with Crippen molar-refractivity contribution in [3.05, 3.63) is 35.6 Å². The van der Waals surface area contributed by atoms with Gasteiger partial charge in [-0.1, -0.05) is 27.6 Å². The summed E-state index contributed by atoms with van der Waals surface area (Å²) < 4.78 is 5.59. The zero-order valence-electron chi connectivity index (χ0n) is 11.4. The Kier molecular flexibility index (Phi) is 3.99. The van der Waals surface area contributed by atoms with Crippen molar-refractivity contribution in [3.8, 4) is 0 Å². The molecule has 0 aliphatic rings. The molecule has 1 aromatic carbocycles. The molecule has 0 saturated carbocycles. The summed E-state index contributed by atoms with van der Waals surface area (Å²) in [5, 5.41) is 4.79. The lowest BCUT2D eigenvalue weighted by molar-refractivity contribution is 0.0885. The Bertz CT molecular complexity index is 601. The maximum absolute atomic E-state index is 12.2. The van der Waals surface area contributed by atoms with Crippen LogP contribution in [0.3, 0.4) is 0 Å². The molecule has 0 bridgehead atoms. The molecule has 0 atom stereocenters. The Balaban J connectivity index is 2.22. The smallest absolute Gasteiger partial charge is 0.287 e. The topological polar surface area (TPSA) is 42.2 Å². The lowest BCUT2D eigenvalue weighted by Gasteiger charge is -2.24. The molecule has 0 unspecified atom stereocenters. The van der Waals surface area contributed by atoms with Crippen molar-refractivity contribution in [2.45, 2.75) is 32.7 Å². The van der Waals surface area contributed by atoms with Gasteiger partial charge in [-0.05, 0) is 45.4 Å². The summed E-state index contributed by atoms with van der Waals surface area (Å²) >= 11 is 3.39. The first-order chi connectivity index (χ1) is 8.91. The van der Waals surface area contributed by atoms with Crippen molar-refractivity contribution in [2.24, 2.45) is 0 Å². The van der Waals surface area contributed by atoms with Crippen LogP contribution in [0.1, 0.15) is 36.4 Å². The van der Waals surface area contributed by atoms with Gasteiger partial charge in [-0.2, -0.15) is 0 Å². The van der Waals surface area contributed by atoms with Gasteiger partial charge in [-0.3, -0.25) is 4.79 Å².